The van der Waals surface area contributed by atoms with Crippen LogP contribution in [-0.4, -0.2) is 23.9 Å². The number of likely N-dealkylation sites (N-methyl/N-ethyl adjacent to an activating group) is 1. The van der Waals surface area contributed by atoms with E-state index in [1.165, 1.54) is 16.7 Å². The van der Waals surface area contributed by atoms with Crippen molar-refractivity contribution in [2.45, 2.75) is 65.5 Å². The van der Waals surface area contributed by atoms with E-state index in [1.807, 2.05) is 32.2 Å². The van der Waals surface area contributed by atoms with Crippen LogP contribution in [0.3, 0.4) is 0 Å². The molecule has 3 heteroatoms. The van der Waals surface area contributed by atoms with E-state index in [9.17, 15) is 4.79 Å². The third-order valence-corrected chi connectivity index (χ3v) is 5.48. The van der Waals surface area contributed by atoms with Gasteiger partial charge in [-0.15, -0.1) is 0 Å². The highest BCUT2D eigenvalue weighted by Crippen LogP contribution is 2.26. The fraction of sp³-hybridized carbons (Fsp3) is 0.458. The Kier molecular flexibility index (Phi) is 7.61. The third-order valence-electron chi connectivity index (χ3n) is 5.48. The Morgan fingerprint density at radius 2 is 1.63 bits per heavy atom. The molecule has 2 aromatic rings. The second-order valence-electron chi connectivity index (χ2n) is 7.87. The van der Waals surface area contributed by atoms with Crippen molar-refractivity contribution in [2.24, 2.45) is 0 Å². The molecule has 1 N–H and O–H groups in total. The van der Waals surface area contributed by atoms with Crippen LogP contribution < -0.4 is 5.32 Å². The number of anilines is 1. The lowest BCUT2D eigenvalue weighted by molar-refractivity contribution is -0.120. The van der Waals surface area contributed by atoms with Gasteiger partial charge >= 0.3 is 0 Å². The van der Waals surface area contributed by atoms with E-state index in [0.29, 0.717) is 11.8 Å². The van der Waals surface area contributed by atoms with Gasteiger partial charge in [0, 0.05) is 12.2 Å². The fourth-order valence-electron chi connectivity index (χ4n) is 3.13. The smallest absolute Gasteiger partial charge is 0.241 e. The topological polar surface area (TPSA) is 32.3 Å². The molecule has 1 amide bonds. The van der Waals surface area contributed by atoms with E-state index in [0.717, 1.165) is 18.7 Å². The fourth-order valence-corrected chi connectivity index (χ4v) is 3.13. The molecule has 27 heavy (non-hydrogen) atoms. The lowest BCUT2D eigenvalue weighted by atomic mass is 9.97. The Balaban J connectivity index is 2.02. The first-order chi connectivity index (χ1) is 12.8. The summed E-state index contributed by atoms with van der Waals surface area (Å²) in [6.07, 6.45) is 1.05. The summed E-state index contributed by atoms with van der Waals surface area (Å²) in [5.74, 6) is 0.994. The van der Waals surface area contributed by atoms with E-state index in [-0.39, 0.29) is 11.9 Å². The van der Waals surface area contributed by atoms with Gasteiger partial charge in [-0.25, -0.2) is 0 Å². The highest BCUT2D eigenvalue weighted by molar-refractivity contribution is 5.95. The molecular formula is C24H34N2O. The Labute approximate surface area is 164 Å². The van der Waals surface area contributed by atoms with Crippen LogP contribution in [-0.2, 0) is 11.3 Å². The first kappa shape index (κ1) is 21.2. The average molecular weight is 367 g/mol. The SMILES string of the molecule is CC[C@H](C)c1ccccc1NC(=O)[C@@H](C)N(C)Cc1ccc(C(C)C)cc1. The summed E-state index contributed by atoms with van der Waals surface area (Å²) in [6.45, 7) is 11.5. The number of hydrogen-bond donors (Lipinski definition) is 1. The van der Waals surface area contributed by atoms with E-state index in [4.69, 9.17) is 0 Å². The monoisotopic (exact) mass is 366 g/mol. The molecule has 0 heterocycles. The number of carbonyl (C=O) groups is 1. The van der Waals surface area contributed by atoms with Gasteiger partial charge in [-0.05, 0) is 55.0 Å². The second-order valence-corrected chi connectivity index (χ2v) is 7.87. The lowest BCUT2D eigenvalue weighted by Gasteiger charge is -2.25. The van der Waals surface area contributed by atoms with Crippen LogP contribution in [0, 0.1) is 0 Å². The largest absolute Gasteiger partial charge is 0.324 e. The minimum atomic E-state index is -0.209. The Hall–Kier alpha value is -2.13. The number of nitrogens with zero attached hydrogens (tertiary/aromatic N) is 1. The van der Waals surface area contributed by atoms with Crippen LogP contribution in [0.15, 0.2) is 48.5 Å². The summed E-state index contributed by atoms with van der Waals surface area (Å²) in [5.41, 5.74) is 4.70. The molecule has 2 aromatic carbocycles. The first-order valence-electron chi connectivity index (χ1n) is 10.0. The summed E-state index contributed by atoms with van der Waals surface area (Å²) in [4.78, 5) is 14.9. The highest BCUT2D eigenvalue weighted by atomic mass is 16.2. The molecule has 0 radical (unpaired) electrons. The Morgan fingerprint density at radius 3 is 2.22 bits per heavy atom. The molecule has 0 bridgehead atoms. The molecule has 0 aliphatic rings. The molecule has 0 aliphatic heterocycles. The van der Waals surface area contributed by atoms with Crippen molar-refractivity contribution in [3.63, 3.8) is 0 Å². The molecule has 2 rings (SSSR count). The summed E-state index contributed by atoms with van der Waals surface area (Å²) in [5, 5.41) is 3.14. The summed E-state index contributed by atoms with van der Waals surface area (Å²) < 4.78 is 0. The van der Waals surface area contributed by atoms with Crippen molar-refractivity contribution >= 4 is 11.6 Å². The molecule has 0 saturated heterocycles. The molecule has 0 saturated carbocycles. The van der Waals surface area contributed by atoms with Crippen molar-refractivity contribution in [1.82, 2.24) is 4.90 Å². The molecule has 146 valence electrons. The summed E-state index contributed by atoms with van der Waals surface area (Å²) in [6, 6.07) is 16.6. The number of amides is 1. The zero-order chi connectivity index (χ0) is 20.0. The lowest BCUT2D eigenvalue weighted by Crippen LogP contribution is -2.39. The molecule has 0 aliphatic carbocycles. The predicted octanol–water partition coefficient (Wildman–Crippen LogP) is 5.78. The van der Waals surface area contributed by atoms with Gasteiger partial charge in [-0.3, -0.25) is 9.69 Å². The summed E-state index contributed by atoms with van der Waals surface area (Å²) in [7, 11) is 2.00. The van der Waals surface area contributed by atoms with Crippen LogP contribution in [0.25, 0.3) is 0 Å². The maximum absolute atomic E-state index is 12.8. The average Bonchev–Trinajstić information content (AvgIpc) is 2.67. The van der Waals surface area contributed by atoms with Gasteiger partial charge in [0.2, 0.25) is 5.91 Å². The quantitative estimate of drug-likeness (QED) is 0.642. The molecule has 0 spiro atoms. The van der Waals surface area contributed by atoms with Crippen molar-refractivity contribution in [2.75, 3.05) is 12.4 Å². The predicted molar refractivity (Wildman–Crippen MR) is 115 cm³/mol. The number of benzene rings is 2. The van der Waals surface area contributed by atoms with E-state index >= 15 is 0 Å². The van der Waals surface area contributed by atoms with E-state index in [1.54, 1.807) is 0 Å². The van der Waals surface area contributed by atoms with Crippen molar-refractivity contribution < 1.29 is 4.79 Å². The number of carbonyl (C=O) groups excluding carboxylic acids is 1. The molecule has 3 nitrogen and oxygen atoms in total. The number of nitrogens with one attached hydrogen (secondary N) is 1. The Bertz CT molecular complexity index is 736. The minimum absolute atomic E-state index is 0.0343. The van der Waals surface area contributed by atoms with Gasteiger partial charge in [0.15, 0.2) is 0 Å². The number of rotatable bonds is 8. The third kappa shape index (κ3) is 5.67. The molecule has 0 aromatic heterocycles. The van der Waals surface area contributed by atoms with Crippen molar-refractivity contribution in [3.05, 3.63) is 65.2 Å². The second kappa shape index (κ2) is 9.70. The van der Waals surface area contributed by atoms with Gasteiger partial charge in [0.05, 0.1) is 6.04 Å². The normalized spacial score (nSPS) is 13.6. The van der Waals surface area contributed by atoms with Gasteiger partial charge in [0.25, 0.3) is 0 Å². The van der Waals surface area contributed by atoms with Crippen molar-refractivity contribution in [1.29, 1.82) is 0 Å². The van der Waals surface area contributed by atoms with Crippen LogP contribution in [0.1, 0.15) is 69.6 Å². The van der Waals surface area contributed by atoms with Crippen LogP contribution in [0.4, 0.5) is 5.69 Å². The summed E-state index contributed by atoms with van der Waals surface area (Å²) >= 11 is 0. The minimum Gasteiger partial charge on any atom is -0.324 e. The van der Waals surface area contributed by atoms with Gasteiger partial charge in [-0.2, -0.15) is 0 Å². The van der Waals surface area contributed by atoms with Crippen LogP contribution in [0.5, 0.6) is 0 Å². The zero-order valence-corrected chi connectivity index (χ0v) is 17.6. The maximum atomic E-state index is 12.8. The number of hydrogen-bond acceptors (Lipinski definition) is 2. The van der Waals surface area contributed by atoms with Crippen molar-refractivity contribution in [3.8, 4) is 0 Å². The highest BCUT2D eigenvalue weighted by Gasteiger charge is 2.20. The molecular weight excluding hydrogens is 332 g/mol. The zero-order valence-electron chi connectivity index (χ0n) is 17.6. The molecule has 0 fully saturated rings. The van der Waals surface area contributed by atoms with Crippen LogP contribution >= 0.6 is 0 Å². The first-order valence-corrected chi connectivity index (χ1v) is 10.0. The van der Waals surface area contributed by atoms with E-state index in [2.05, 4.69) is 68.2 Å². The van der Waals surface area contributed by atoms with Gasteiger partial charge in [0.1, 0.15) is 0 Å². The van der Waals surface area contributed by atoms with E-state index < -0.39 is 0 Å². The van der Waals surface area contributed by atoms with Crippen LogP contribution in [0.2, 0.25) is 0 Å². The maximum Gasteiger partial charge on any atom is 0.241 e. The van der Waals surface area contributed by atoms with Gasteiger partial charge < -0.3 is 5.32 Å². The number of para-hydroxylation sites is 1. The molecule has 2 atom stereocenters. The molecule has 0 unspecified atom stereocenters. The van der Waals surface area contributed by atoms with Gasteiger partial charge in [-0.1, -0.05) is 70.2 Å². The Morgan fingerprint density at radius 1 is 1.00 bits per heavy atom. The standard InChI is InChI=1S/C24H34N2O/c1-7-18(4)22-10-8-9-11-23(22)25-24(27)19(5)26(6)16-20-12-14-21(15-13-20)17(2)3/h8-15,17-19H,7,16H2,1-6H3,(H,25,27)/t18-,19+/m0/s1.